The normalized spacial score (nSPS) is 14.7. The second-order valence-corrected chi connectivity index (χ2v) is 7.32. The van der Waals surface area contributed by atoms with Gasteiger partial charge in [-0.1, -0.05) is 0 Å². The molecule has 0 spiro atoms. The van der Waals surface area contributed by atoms with E-state index < -0.39 is 6.10 Å². The first-order chi connectivity index (χ1) is 15.5. The van der Waals surface area contributed by atoms with Crippen LogP contribution in [0.2, 0.25) is 0 Å². The third-order valence-corrected chi connectivity index (χ3v) is 5.15. The molecule has 11 heteroatoms. The minimum absolute atomic E-state index is 0.00598. The van der Waals surface area contributed by atoms with Gasteiger partial charge in [-0.05, 0) is 19.1 Å². The van der Waals surface area contributed by atoms with Gasteiger partial charge in [0.2, 0.25) is 5.91 Å². The highest BCUT2D eigenvalue weighted by atomic mass is 16.5. The minimum atomic E-state index is -0.670. The molecular formula is C21H26N6O5. The fraction of sp³-hybridized carbons (Fsp3) is 0.476. The molecule has 1 atom stereocenters. The predicted octanol–water partition coefficient (Wildman–Crippen LogP) is -0.160. The Morgan fingerprint density at radius 1 is 1.31 bits per heavy atom. The number of rotatable bonds is 9. The first-order valence-corrected chi connectivity index (χ1v) is 10.3. The number of hydrogen-bond acceptors (Lipinski definition) is 9. The summed E-state index contributed by atoms with van der Waals surface area (Å²) in [7, 11) is 0. The van der Waals surface area contributed by atoms with E-state index in [1.807, 2.05) is 12.1 Å². The van der Waals surface area contributed by atoms with Crippen LogP contribution in [-0.2, 0) is 9.53 Å². The third-order valence-electron chi connectivity index (χ3n) is 5.15. The molecule has 1 aliphatic heterocycles. The van der Waals surface area contributed by atoms with Gasteiger partial charge < -0.3 is 24.4 Å². The number of ether oxygens (including phenoxy) is 2. The molecule has 11 nitrogen and oxygen atoms in total. The van der Waals surface area contributed by atoms with Crippen molar-refractivity contribution in [3.63, 3.8) is 0 Å². The monoisotopic (exact) mass is 442 g/mol. The standard InChI is InChI=1S/C21H26N6O5/c1-15-18(12-24-25-21(15)30)32-17(13-28)14-31-9-4-20(29)27-7-5-26(6-8-27)19-3-2-16(10-22)11-23-19/h2-3,11-12,17,28H,4-9,13-14H2,1H3,(H,25,30)/t17-/m1/s1. The average Bonchev–Trinajstić information content (AvgIpc) is 2.83. The van der Waals surface area contributed by atoms with Gasteiger partial charge in [0.1, 0.15) is 23.7 Å². The first kappa shape index (κ1) is 23.2. The zero-order valence-electron chi connectivity index (χ0n) is 17.9. The molecular weight excluding hydrogens is 416 g/mol. The van der Waals surface area contributed by atoms with Crippen molar-refractivity contribution in [3.8, 4) is 11.8 Å². The van der Waals surface area contributed by atoms with Gasteiger partial charge >= 0.3 is 0 Å². The van der Waals surface area contributed by atoms with Crippen LogP contribution in [0.4, 0.5) is 5.82 Å². The number of aromatic nitrogens is 3. The van der Waals surface area contributed by atoms with Crippen LogP contribution in [0.15, 0.2) is 29.3 Å². The summed E-state index contributed by atoms with van der Waals surface area (Å²) in [6.45, 7) is 4.06. The Labute approximate surface area is 185 Å². The SMILES string of the molecule is Cc1c(O[C@H](CO)COCCC(=O)N2CCN(c3ccc(C#N)cn3)CC2)cn[nH]c1=O. The Kier molecular flexibility index (Phi) is 8.13. The number of nitrogens with one attached hydrogen (secondary N) is 1. The van der Waals surface area contributed by atoms with Crippen LogP contribution < -0.4 is 15.2 Å². The van der Waals surface area contributed by atoms with Gasteiger partial charge in [0.15, 0.2) is 0 Å². The molecule has 1 fully saturated rings. The lowest BCUT2D eigenvalue weighted by molar-refractivity contribution is -0.132. The lowest BCUT2D eigenvalue weighted by atomic mass is 10.2. The van der Waals surface area contributed by atoms with E-state index in [1.165, 1.54) is 6.20 Å². The van der Waals surface area contributed by atoms with Gasteiger partial charge in [0, 0.05) is 32.4 Å². The molecule has 170 valence electrons. The Morgan fingerprint density at radius 2 is 2.09 bits per heavy atom. The molecule has 0 radical (unpaired) electrons. The van der Waals surface area contributed by atoms with Crippen LogP contribution in [0.1, 0.15) is 17.5 Å². The van der Waals surface area contributed by atoms with Gasteiger partial charge in [-0.15, -0.1) is 0 Å². The number of aliphatic hydroxyl groups is 1. The number of carbonyl (C=O) groups excluding carboxylic acids is 1. The van der Waals surface area contributed by atoms with Crippen LogP contribution >= 0.6 is 0 Å². The van der Waals surface area contributed by atoms with E-state index in [9.17, 15) is 14.7 Å². The maximum Gasteiger partial charge on any atom is 0.270 e. The van der Waals surface area contributed by atoms with Crippen molar-refractivity contribution in [2.24, 2.45) is 0 Å². The van der Waals surface area contributed by atoms with E-state index in [1.54, 1.807) is 24.1 Å². The van der Waals surface area contributed by atoms with Gasteiger partial charge in [-0.2, -0.15) is 10.4 Å². The Hall–Kier alpha value is -3.49. The largest absolute Gasteiger partial charge is 0.483 e. The lowest BCUT2D eigenvalue weighted by Gasteiger charge is -2.35. The van der Waals surface area contributed by atoms with Crippen molar-refractivity contribution in [3.05, 3.63) is 46.0 Å². The highest BCUT2D eigenvalue weighted by Gasteiger charge is 2.22. The average molecular weight is 442 g/mol. The van der Waals surface area contributed by atoms with Crippen molar-refractivity contribution in [2.45, 2.75) is 19.4 Å². The summed E-state index contributed by atoms with van der Waals surface area (Å²) < 4.78 is 11.1. The number of piperazine rings is 1. The number of nitrogens with zero attached hydrogens (tertiary/aromatic N) is 5. The lowest BCUT2D eigenvalue weighted by Crippen LogP contribution is -2.49. The summed E-state index contributed by atoms with van der Waals surface area (Å²) in [6, 6.07) is 5.59. The van der Waals surface area contributed by atoms with E-state index in [0.29, 0.717) is 37.3 Å². The van der Waals surface area contributed by atoms with E-state index in [4.69, 9.17) is 14.7 Å². The topological polar surface area (TPSA) is 145 Å². The predicted molar refractivity (Wildman–Crippen MR) is 114 cm³/mol. The third kappa shape index (κ3) is 6.03. The molecule has 3 rings (SSSR count). The molecule has 1 saturated heterocycles. The molecule has 0 aromatic carbocycles. The summed E-state index contributed by atoms with van der Waals surface area (Å²) in [4.78, 5) is 32.2. The van der Waals surface area contributed by atoms with Crippen LogP contribution in [0.3, 0.4) is 0 Å². The number of aromatic amines is 1. The number of H-pyrrole nitrogens is 1. The number of carbonyl (C=O) groups is 1. The highest BCUT2D eigenvalue weighted by Crippen LogP contribution is 2.15. The zero-order chi connectivity index (χ0) is 22.9. The molecule has 2 aromatic rings. The second-order valence-electron chi connectivity index (χ2n) is 7.32. The molecule has 32 heavy (non-hydrogen) atoms. The molecule has 0 bridgehead atoms. The number of anilines is 1. The van der Waals surface area contributed by atoms with Crippen molar-refractivity contribution in [1.29, 1.82) is 5.26 Å². The maximum atomic E-state index is 12.5. The number of hydrogen-bond donors (Lipinski definition) is 2. The fourth-order valence-corrected chi connectivity index (χ4v) is 3.22. The number of amides is 1. The van der Waals surface area contributed by atoms with E-state index in [0.717, 1.165) is 5.82 Å². The van der Waals surface area contributed by atoms with Crippen molar-refractivity contribution in [1.82, 2.24) is 20.1 Å². The number of nitriles is 1. The highest BCUT2D eigenvalue weighted by molar-refractivity contribution is 5.76. The van der Waals surface area contributed by atoms with Gasteiger partial charge in [-0.25, -0.2) is 10.1 Å². The van der Waals surface area contributed by atoms with E-state index in [-0.39, 0.29) is 43.5 Å². The molecule has 3 heterocycles. The molecule has 2 aromatic heterocycles. The van der Waals surface area contributed by atoms with Crippen molar-refractivity contribution < 1.29 is 19.4 Å². The first-order valence-electron chi connectivity index (χ1n) is 10.3. The van der Waals surface area contributed by atoms with Crippen molar-refractivity contribution >= 4 is 11.7 Å². The van der Waals surface area contributed by atoms with Crippen LogP contribution in [0.5, 0.6) is 5.75 Å². The van der Waals surface area contributed by atoms with Gasteiger partial charge in [0.05, 0.1) is 43.6 Å². The zero-order valence-corrected chi connectivity index (χ0v) is 17.9. The Balaban J connectivity index is 1.38. The molecule has 1 amide bonds. The van der Waals surface area contributed by atoms with E-state index in [2.05, 4.69) is 20.1 Å². The van der Waals surface area contributed by atoms with Crippen LogP contribution in [0.25, 0.3) is 0 Å². The minimum Gasteiger partial charge on any atom is -0.483 e. The maximum absolute atomic E-state index is 12.5. The smallest absolute Gasteiger partial charge is 0.270 e. The number of pyridine rings is 1. The van der Waals surface area contributed by atoms with E-state index >= 15 is 0 Å². The summed E-state index contributed by atoms with van der Waals surface area (Å²) >= 11 is 0. The molecule has 2 N–H and O–H groups in total. The quantitative estimate of drug-likeness (QED) is 0.506. The summed E-state index contributed by atoms with van der Waals surface area (Å²) in [6.07, 6.45) is 2.46. The summed E-state index contributed by atoms with van der Waals surface area (Å²) in [5.41, 5.74) is 0.519. The van der Waals surface area contributed by atoms with Gasteiger partial charge in [-0.3, -0.25) is 9.59 Å². The molecule has 0 aliphatic carbocycles. The van der Waals surface area contributed by atoms with Gasteiger partial charge in [0.25, 0.3) is 5.56 Å². The molecule has 0 unspecified atom stereocenters. The Morgan fingerprint density at radius 3 is 2.75 bits per heavy atom. The molecule has 1 aliphatic rings. The summed E-state index contributed by atoms with van der Waals surface area (Å²) in [5, 5.41) is 24.3. The van der Waals surface area contributed by atoms with Crippen molar-refractivity contribution in [2.75, 3.05) is 50.9 Å². The number of aliphatic hydroxyl groups excluding tert-OH is 1. The van der Waals surface area contributed by atoms with Crippen LogP contribution in [0, 0.1) is 18.3 Å². The fourth-order valence-electron chi connectivity index (χ4n) is 3.22. The molecule has 0 saturated carbocycles. The van der Waals surface area contributed by atoms with Crippen LogP contribution in [-0.4, -0.2) is 83.2 Å². The second kappa shape index (κ2) is 11.2. The summed E-state index contributed by atoms with van der Waals surface area (Å²) in [5.74, 6) is 1.07. The Bertz CT molecular complexity index is 995.